The van der Waals surface area contributed by atoms with Crippen molar-refractivity contribution >= 4 is 23.2 Å². The zero-order valence-corrected chi connectivity index (χ0v) is 10.6. The lowest BCUT2D eigenvalue weighted by atomic mass is 10.2. The third kappa shape index (κ3) is 2.33. The van der Waals surface area contributed by atoms with Crippen LogP contribution in [0.2, 0.25) is 0 Å². The van der Waals surface area contributed by atoms with Crippen molar-refractivity contribution in [3.8, 4) is 0 Å². The third-order valence-corrected chi connectivity index (χ3v) is 3.50. The molecule has 100 valence electrons. The second kappa shape index (κ2) is 5.01. The van der Waals surface area contributed by atoms with Crippen LogP contribution < -0.4 is 10.2 Å². The maximum atomic E-state index is 12.5. The van der Waals surface area contributed by atoms with E-state index in [0.29, 0.717) is 25.3 Å². The van der Waals surface area contributed by atoms with Crippen molar-refractivity contribution < 1.29 is 14.3 Å². The van der Waals surface area contributed by atoms with Gasteiger partial charge in [0.25, 0.3) is 5.91 Å². The number of carbonyl (C=O) groups excluding carboxylic acids is 2. The molecule has 2 aliphatic heterocycles. The molecule has 5 heteroatoms. The molecule has 1 aromatic carbocycles. The van der Waals surface area contributed by atoms with Crippen LogP contribution in [0.4, 0.5) is 11.4 Å². The van der Waals surface area contributed by atoms with E-state index in [1.807, 2.05) is 24.3 Å². The van der Waals surface area contributed by atoms with Crippen LogP contribution in [0.1, 0.15) is 19.3 Å². The van der Waals surface area contributed by atoms with E-state index in [9.17, 15) is 9.59 Å². The summed E-state index contributed by atoms with van der Waals surface area (Å²) in [4.78, 5) is 25.8. The van der Waals surface area contributed by atoms with Crippen molar-refractivity contribution in [3.63, 3.8) is 0 Å². The zero-order valence-electron chi connectivity index (χ0n) is 10.6. The topological polar surface area (TPSA) is 58.6 Å². The van der Waals surface area contributed by atoms with Gasteiger partial charge < -0.3 is 15.0 Å². The maximum Gasteiger partial charge on any atom is 0.256 e. The minimum Gasteiger partial charge on any atom is -0.368 e. The van der Waals surface area contributed by atoms with Gasteiger partial charge in [-0.2, -0.15) is 0 Å². The number of amides is 2. The normalized spacial score (nSPS) is 22.6. The molecule has 1 saturated heterocycles. The number of anilines is 2. The predicted octanol–water partition coefficient (Wildman–Crippen LogP) is 1.54. The number of nitrogens with one attached hydrogen (secondary N) is 1. The Bertz CT molecular complexity index is 509. The highest BCUT2D eigenvalue weighted by Gasteiger charge is 2.31. The zero-order chi connectivity index (χ0) is 13.2. The number of benzene rings is 1. The lowest BCUT2D eigenvalue weighted by molar-refractivity contribution is -0.127. The van der Waals surface area contributed by atoms with E-state index in [-0.39, 0.29) is 17.9 Å². The first-order valence-electron chi connectivity index (χ1n) is 6.57. The molecule has 0 radical (unpaired) electrons. The lowest BCUT2D eigenvalue weighted by Crippen LogP contribution is -2.39. The molecule has 0 aromatic heterocycles. The summed E-state index contributed by atoms with van der Waals surface area (Å²) in [6.07, 6.45) is 1.64. The van der Waals surface area contributed by atoms with Gasteiger partial charge in [0.1, 0.15) is 6.10 Å². The van der Waals surface area contributed by atoms with E-state index in [0.717, 1.165) is 18.5 Å². The molecule has 3 rings (SSSR count). The van der Waals surface area contributed by atoms with Gasteiger partial charge in [-0.1, -0.05) is 12.1 Å². The summed E-state index contributed by atoms with van der Waals surface area (Å²) in [5, 5.41) is 2.82. The van der Waals surface area contributed by atoms with Gasteiger partial charge in [-0.25, -0.2) is 0 Å². The highest BCUT2D eigenvalue weighted by atomic mass is 16.5. The highest BCUT2D eigenvalue weighted by molar-refractivity contribution is 6.05. The molecule has 0 bridgehead atoms. The van der Waals surface area contributed by atoms with Gasteiger partial charge in [0.15, 0.2) is 0 Å². The maximum absolute atomic E-state index is 12.5. The number of rotatable bonds is 1. The van der Waals surface area contributed by atoms with E-state index in [1.54, 1.807) is 4.90 Å². The van der Waals surface area contributed by atoms with Crippen LogP contribution in [0.15, 0.2) is 24.3 Å². The Kier molecular flexibility index (Phi) is 3.21. The summed E-state index contributed by atoms with van der Waals surface area (Å²) in [6, 6.07) is 7.38. The number of para-hydroxylation sites is 2. The average Bonchev–Trinajstić information content (AvgIpc) is 2.89. The number of carbonyl (C=O) groups is 2. The van der Waals surface area contributed by atoms with Crippen LogP contribution in [0.5, 0.6) is 0 Å². The summed E-state index contributed by atoms with van der Waals surface area (Å²) in [5.41, 5.74) is 1.45. The second-order valence-electron chi connectivity index (χ2n) is 4.81. The molecule has 1 atom stereocenters. The minimum absolute atomic E-state index is 0.0403. The van der Waals surface area contributed by atoms with E-state index >= 15 is 0 Å². The van der Waals surface area contributed by atoms with Crippen LogP contribution in [-0.4, -0.2) is 31.1 Å². The van der Waals surface area contributed by atoms with Crippen molar-refractivity contribution in [2.75, 3.05) is 23.4 Å². The fourth-order valence-electron chi connectivity index (χ4n) is 2.54. The van der Waals surface area contributed by atoms with Gasteiger partial charge in [-0.05, 0) is 25.0 Å². The quantitative estimate of drug-likeness (QED) is 0.833. The standard InChI is InChI=1S/C14H16N2O3/c17-13-7-8-16(14(18)12-6-3-9-19-12)11-5-2-1-4-10(11)15-13/h1-2,4-5,12H,3,6-9H2,(H,15,17)/t12-/m1/s1. The van der Waals surface area contributed by atoms with Crippen LogP contribution in [0.25, 0.3) is 0 Å². The lowest BCUT2D eigenvalue weighted by Gasteiger charge is -2.24. The van der Waals surface area contributed by atoms with Crippen LogP contribution in [-0.2, 0) is 14.3 Å². The molecule has 2 heterocycles. The van der Waals surface area contributed by atoms with Gasteiger partial charge >= 0.3 is 0 Å². The molecule has 0 saturated carbocycles. The summed E-state index contributed by atoms with van der Waals surface area (Å²) >= 11 is 0. The van der Waals surface area contributed by atoms with Gasteiger partial charge in [0.2, 0.25) is 5.91 Å². The Morgan fingerprint density at radius 3 is 3.00 bits per heavy atom. The Hall–Kier alpha value is -1.88. The van der Waals surface area contributed by atoms with Crippen molar-refractivity contribution in [2.24, 2.45) is 0 Å². The molecule has 5 nitrogen and oxygen atoms in total. The van der Waals surface area contributed by atoms with Crippen molar-refractivity contribution in [1.29, 1.82) is 0 Å². The SMILES string of the molecule is O=C1CCN(C(=O)[C@H]2CCCO2)c2ccccc2N1. The first kappa shape index (κ1) is 12.2. The summed E-state index contributed by atoms with van der Waals surface area (Å²) in [6.45, 7) is 1.05. The van der Waals surface area contributed by atoms with Crippen LogP contribution >= 0.6 is 0 Å². The number of nitrogens with zero attached hydrogens (tertiary/aromatic N) is 1. The Morgan fingerprint density at radius 2 is 2.21 bits per heavy atom. The number of hydrogen-bond acceptors (Lipinski definition) is 3. The Balaban J connectivity index is 1.92. The molecule has 1 N–H and O–H groups in total. The second-order valence-corrected chi connectivity index (χ2v) is 4.81. The third-order valence-electron chi connectivity index (χ3n) is 3.50. The highest BCUT2D eigenvalue weighted by Crippen LogP contribution is 2.30. The fraction of sp³-hybridized carbons (Fsp3) is 0.429. The van der Waals surface area contributed by atoms with Crippen molar-refractivity contribution in [3.05, 3.63) is 24.3 Å². The first-order valence-corrected chi connectivity index (χ1v) is 6.57. The van der Waals surface area contributed by atoms with Crippen LogP contribution in [0, 0.1) is 0 Å². The summed E-state index contributed by atoms with van der Waals surface area (Å²) in [7, 11) is 0. The fourth-order valence-corrected chi connectivity index (χ4v) is 2.54. The Morgan fingerprint density at radius 1 is 1.37 bits per heavy atom. The predicted molar refractivity (Wildman–Crippen MR) is 71.0 cm³/mol. The average molecular weight is 260 g/mol. The molecule has 19 heavy (non-hydrogen) atoms. The molecule has 1 aromatic rings. The largest absolute Gasteiger partial charge is 0.368 e. The molecule has 0 spiro atoms. The number of ether oxygens (including phenoxy) is 1. The van der Waals surface area contributed by atoms with Gasteiger partial charge in [-0.3, -0.25) is 9.59 Å². The minimum atomic E-state index is -0.360. The molecule has 2 amide bonds. The van der Waals surface area contributed by atoms with E-state index < -0.39 is 0 Å². The Labute approximate surface area is 111 Å². The summed E-state index contributed by atoms with van der Waals surface area (Å²) < 4.78 is 5.45. The molecule has 2 aliphatic rings. The van der Waals surface area contributed by atoms with Crippen molar-refractivity contribution in [2.45, 2.75) is 25.4 Å². The molecule has 0 aliphatic carbocycles. The monoisotopic (exact) mass is 260 g/mol. The van der Waals surface area contributed by atoms with E-state index in [2.05, 4.69) is 5.32 Å². The summed E-state index contributed by atoms with van der Waals surface area (Å²) in [5.74, 6) is -0.100. The first-order chi connectivity index (χ1) is 9.25. The smallest absolute Gasteiger partial charge is 0.256 e. The number of fused-ring (bicyclic) bond motifs is 1. The molecule has 0 unspecified atom stereocenters. The van der Waals surface area contributed by atoms with Crippen molar-refractivity contribution in [1.82, 2.24) is 0 Å². The van der Waals surface area contributed by atoms with E-state index in [4.69, 9.17) is 4.74 Å². The number of hydrogen-bond donors (Lipinski definition) is 1. The van der Waals surface area contributed by atoms with Gasteiger partial charge in [0.05, 0.1) is 11.4 Å². The van der Waals surface area contributed by atoms with Crippen LogP contribution in [0.3, 0.4) is 0 Å². The molecular formula is C14H16N2O3. The van der Waals surface area contributed by atoms with Gasteiger partial charge in [-0.15, -0.1) is 0 Å². The van der Waals surface area contributed by atoms with E-state index in [1.165, 1.54) is 0 Å². The van der Waals surface area contributed by atoms with Gasteiger partial charge in [0, 0.05) is 19.6 Å². The molecule has 1 fully saturated rings. The molecular weight excluding hydrogens is 244 g/mol.